The monoisotopic (exact) mass is 313 g/mol. The maximum Gasteiger partial charge on any atom is 0.416 e. The van der Waals surface area contributed by atoms with E-state index in [2.05, 4.69) is 11.3 Å². The number of hydrogen-bond donors (Lipinski definition) is 1. The molecule has 0 aliphatic heterocycles. The number of hydrogen-bond acceptors (Lipinski definition) is 2. The van der Waals surface area contributed by atoms with Gasteiger partial charge in [-0.1, -0.05) is 6.08 Å². The van der Waals surface area contributed by atoms with Crippen molar-refractivity contribution in [3.63, 3.8) is 0 Å². The summed E-state index contributed by atoms with van der Waals surface area (Å²) in [6.07, 6.45) is -8.66. The quantitative estimate of drug-likeness (QED) is 0.664. The molecule has 0 aliphatic rings. The Morgan fingerprint density at radius 3 is 2.14 bits per heavy atom. The van der Waals surface area contributed by atoms with E-state index in [4.69, 9.17) is 5.73 Å². The van der Waals surface area contributed by atoms with Crippen LogP contribution in [-0.4, -0.2) is 7.11 Å². The molecule has 1 aromatic rings. The molecule has 8 heteroatoms. The highest BCUT2D eigenvalue weighted by molar-refractivity contribution is 5.48. The summed E-state index contributed by atoms with van der Waals surface area (Å²) in [6.45, 7) is 3.35. The van der Waals surface area contributed by atoms with Crippen LogP contribution in [-0.2, 0) is 12.4 Å². The van der Waals surface area contributed by atoms with Gasteiger partial charge in [0, 0.05) is 11.6 Å². The second kappa shape index (κ2) is 5.97. The predicted octanol–water partition coefficient (Wildman–Crippen LogP) is 4.31. The minimum Gasteiger partial charge on any atom is -0.496 e. The maximum absolute atomic E-state index is 13.0. The first kappa shape index (κ1) is 17.4. The Morgan fingerprint density at radius 2 is 1.76 bits per heavy atom. The summed E-state index contributed by atoms with van der Waals surface area (Å²) in [5.41, 5.74) is 2.19. The van der Waals surface area contributed by atoms with E-state index >= 15 is 0 Å². The van der Waals surface area contributed by atoms with Crippen molar-refractivity contribution in [2.24, 2.45) is 5.73 Å². The summed E-state index contributed by atoms with van der Waals surface area (Å²) >= 11 is 0. The SMILES string of the molecule is C=CC[C@@H](N)c1c(OC)cc(C(F)(F)F)cc1C(F)(F)F. The summed E-state index contributed by atoms with van der Waals surface area (Å²) < 4.78 is 81.8. The fraction of sp³-hybridized carbons (Fsp3) is 0.385. The molecule has 0 aliphatic carbocycles. The summed E-state index contributed by atoms with van der Waals surface area (Å²) in [7, 11) is 0.986. The first-order chi connectivity index (χ1) is 9.52. The molecule has 0 radical (unpaired) electrons. The fourth-order valence-corrected chi connectivity index (χ4v) is 1.87. The van der Waals surface area contributed by atoms with Crippen molar-refractivity contribution >= 4 is 0 Å². The second-order valence-electron chi connectivity index (χ2n) is 4.27. The van der Waals surface area contributed by atoms with Gasteiger partial charge in [-0.05, 0) is 18.6 Å². The van der Waals surface area contributed by atoms with Gasteiger partial charge in [-0.25, -0.2) is 0 Å². The minimum absolute atomic E-state index is 0.0369. The van der Waals surface area contributed by atoms with Crippen molar-refractivity contribution in [1.82, 2.24) is 0 Å². The number of halogens is 6. The lowest BCUT2D eigenvalue weighted by Crippen LogP contribution is -2.20. The zero-order valence-electron chi connectivity index (χ0n) is 11.0. The molecule has 0 fully saturated rings. The summed E-state index contributed by atoms with van der Waals surface area (Å²) in [5.74, 6) is -0.550. The van der Waals surface area contributed by atoms with Crippen LogP contribution in [0.15, 0.2) is 24.8 Å². The lowest BCUT2D eigenvalue weighted by molar-refractivity contribution is -0.143. The van der Waals surface area contributed by atoms with E-state index in [0.29, 0.717) is 6.07 Å². The van der Waals surface area contributed by atoms with Crippen LogP contribution < -0.4 is 10.5 Å². The van der Waals surface area contributed by atoms with Gasteiger partial charge in [-0.2, -0.15) is 26.3 Å². The molecule has 0 saturated carbocycles. The van der Waals surface area contributed by atoms with E-state index < -0.39 is 40.8 Å². The molecular formula is C13H13F6NO. The summed E-state index contributed by atoms with van der Waals surface area (Å²) in [5, 5.41) is 0. The van der Waals surface area contributed by atoms with E-state index in [0.717, 1.165) is 7.11 Å². The third kappa shape index (κ3) is 3.90. The lowest BCUT2D eigenvalue weighted by Gasteiger charge is -2.22. The highest BCUT2D eigenvalue weighted by atomic mass is 19.4. The number of nitrogens with two attached hydrogens (primary N) is 1. The Balaban J connectivity index is 3.64. The van der Waals surface area contributed by atoms with Crippen LogP contribution in [0.5, 0.6) is 5.75 Å². The number of ether oxygens (including phenoxy) is 1. The third-order valence-electron chi connectivity index (χ3n) is 2.79. The van der Waals surface area contributed by atoms with Gasteiger partial charge >= 0.3 is 12.4 Å². The molecule has 1 rings (SSSR count). The van der Waals surface area contributed by atoms with Crippen molar-refractivity contribution in [2.75, 3.05) is 7.11 Å². The highest BCUT2D eigenvalue weighted by Gasteiger charge is 2.40. The van der Waals surface area contributed by atoms with Gasteiger partial charge in [-0.15, -0.1) is 6.58 Å². The molecule has 2 N–H and O–H groups in total. The molecule has 118 valence electrons. The minimum atomic E-state index is -4.98. The molecular weight excluding hydrogens is 300 g/mol. The molecule has 21 heavy (non-hydrogen) atoms. The van der Waals surface area contributed by atoms with Crippen LogP contribution in [0.25, 0.3) is 0 Å². The van der Waals surface area contributed by atoms with Crippen LogP contribution in [0.3, 0.4) is 0 Å². The van der Waals surface area contributed by atoms with E-state index in [1.165, 1.54) is 6.08 Å². The smallest absolute Gasteiger partial charge is 0.416 e. The number of methoxy groups -OCH3 is 1. The van der Waals surface area contributed by atoms with E-state index in [1.54, 1.807) is 0 Å². The molecule has 1 aromatic carbocycles. The van der Waals surface area contributed by atoms with Crippen molar-refractivity contribution in [1.29, 1.82) is 0 Å². The van der Waals surface area contributed by atoms with Crippen LogP contribution in [0.2, 0.25) is 0 Å². The lowest BCUT2D eigenvalue weighted by atomic mass is 9.94. The number of benzene rings is 1. The molecule has 1 atom stereocenters. The van der Waals surface area contributed by atoms with E-state index in [9.17, 15) is 26.3 Å². The van der Waals surface area contributed by atoms with Gasteiger partial charge in [0.1, 0.15) is 5.75 Å². The zero-order chi connectivity index (χ0) is 16.4. The molecule has 0 bridgehead atoms. The number of alkyl halides is 6. The van der Waals surface area contributed by atoms with Crippen LogP contribution >= 0.6 is 0 Å². The molecule has 0 saturated heterocycles. The fourth-order valence-electron chi connectivity index (χ4n) is 1.87. The Kier molecular flexibility index (Phi) is 4.93. The molecule has 0 spiro atoms. The van der Waals surface area contributed by atoms with Crippen LogP contribution in [0.4, 0.5) is 26.3 Å². The first-order valence-corrected chi connectivity index (χ1v) is 5.75. The molecule has 2 nitrogen and oxygen atoms in total. The Hall–Kier alpha value is -1.70. The summed E-state index contributed by atoms with van der Waals surface area (Å²) in [4.78, 5) is 0. The van der Waals surface area contributed by atoms with Gasteiger partial charge in [0.25, 0.3) is 0 Å². The Bertz CT molecular complexity index is 521. The largest absolute Gasteiger partial charge is 0.496 e. The van der Waals surface area contributed by atoms with Gasteiger partial charge in [0.15, 0.2) is 0 Å². The van der Waals surface area contributed by atoms with Gasteiger partial charge < -0.3 is 10.5 Å². The van der Waals surface area contributed by atoms with Crippen molar-refractivity contribution in [2.45, 2.75) is 24.8 Å². The van der Waals surface area contributed by atoms with Gasteiger partial charge in [0.05, 0.1) is 18.2 Å². The average molecular weight is 313 g/mol. The topological polar surface area (TPSA) is 35.2 Å². The first-order valence-electron chi connectivity index (χ1n) is 5.75. The van der Waals surface area contributed by atoms with Crippen molar-refractivity contribution in [3.05, 3.63) is 41.5 Å². The van der Waals surface area contributed by atoms with Crippen LogP contribution in [0.1, 0.15) is 29.2 Å². The van der Waals surface area contributed by atoms with Crippen molar-refractivity contribution < 1.29 is 31.1 Å². The molecule has 0 amide bonds. The zero-order valence-corrected chi connectivity index (χ0v) is 11.0. The normalized spacial score (nSPS) is 13.9. The molecule has 0 aromatic heterocycles. The van der Waals surface area contributed by atoms with Crippen molar-refractivity contribution in [3.8, 4) is 5.75 Å². The predicted molar refractivity (Wildman–Crippen MR) is 64.7 cm³/mol. The Morgan fingerprint density at radius 1 is 1.19 bits per heavy atom. The standard InChI is InChI=1S/C13H13F6NO/c1-3-4-9(20)11-8(13(17,18)19)5-7(12(14,15)16)6-10(11)21-2/h3,5-6,9H,1,4,20H2,2H3/t9-/m1/s1. The second-order valence-corrected chi connectivity index (χ2v) is 4.27. The number of rotatable bonds is 4. The van der Waals surface area contributed by atoms with Crippen LogP contribution in [0, 0.1) is 0 Å². The third-order valence-corrected chi connectivity index (χ3v) is 2.79. The average Bonchev–Trinajstić information content (AvgIpc) is 2.35. The maximum atomic E-state index is 13.0. The highest BCUT2D eigenvalue weighted by Crippen LogP contribution is 2.43. The summed E-state index contributed by atoms with van der Waals surface area (Å²) in [6, 6.07) is -0.620. The van der Waals surface area contributed by atoms with E-state index in [1.807, 2.05) is 0 Å². The van der Waals surface area contributed by atoms with Gasteiger partial charge in [-0.3, -0.25) is 0 Å². The van der Waals surface area contributed by atoms with Gasteiger partial charge in [0.2, 0.25) is 0 Å². The molecule has 0 heterocycles. The molecule has 0 unspecified atom stereocenters. The Labute approximate surface area is 117 Å². The van der Waals surface area contributed by atoms with E-state index in [-0.39, 0.29) is 12.5 Å².